The summed E-state index contributed by atoms with van der Waals surface area (Å²) in [5.41, 5.74) is 0. The zero-order valence-electron chi connectivity index (χ0n) is 13.5. The molecule has 0 saturated carbocycles. The highest BCUT2D eigenvalue weighted by molar-refractivity contribution is 5.46. The van der Waals surface area contributed by atoms with Crippen LogP contribution in [0.4, 0.5) is 0 Å². The van der Waals surface area contributed by atoms with Gasteiger partial charge in [-0.1, -0.05) is 78.1 Å². The zero-order chi connectivity index (χ0) is 14.3. The second-order valence-electron chi connectivity index (χ2n) is 5.83. The van der Waals surface area contributed by atoms with Gasteiger partial charge >= 0.3 is 0 Å². The van der Waals surface area contributed by atoms with Gasteiger partial charge in [0.25, 0.3) is 0 Å². The summed E-state index contributed by atoms with van der Waals surface area (Å²) in [6.07, 6.45) is 16.6. The predicted octanol–water partition coefficient (Wildman–Crippen LogP) is 5.16. The number of unbranched alkanes of at least 4 members (excludes halogenated alkanes) is 8. The van der Waals surface area contributed by atoms with Crippen molar-refractivity contribution >= 4 is 6.41 Å². The molecule has 0 aliphatic carbocycles. The van der Waals surface area contributed by atoms with Crippen LogP contribution in [0.15, 0.2) is 0 Å². The molecule has 0 aliphatic rings. The van der Waals surface area contributed by atoms with Crippen LogP contribution in [0, 0.1) is 0 Å². The van der Waals surface area contributed by atoms with Crippen molar-refractivity contribution in [3.63, 3.8) is 0 Å². The summed E-state index contributed by atoms with van der Waals surface area (Å²) in [6, 6.07) is 0.472. The lowest BCUT2D eigenvalue weighted by Gasteiger charge is -2.24. The Labute approximate surface area is 120 Å². The van der Waals surface area contributed by atoms with Gasteiger partial charge in [0.2, 0.25) is 6.41 Å². The van der Waals surface area contributed by atoms with E-state index in [1.54, 1.807) is 0 Å². The van der Waals surface area contributed by atoms with Crippen molar-refractivity contribution in [2.45, 2.75) is 96.9 Å². The summed E-state index contributed by atoms with van der Waals surface area (Å²) in [5.74, 6) is 0. The number of hydrogen-bond donors (Lipinski definition) is 0. The van der Waals surface area contributed by atoms with Crippen LogP contribution in [-0.4, -0.2) is 24.4 Å². The Kier molecular flexibility index (Phi) is 13.5. The van der Waals surface area contributed by atoms with E-state index in [2.05, 4.69) is 13.8 Å². The molecule has 2 heteroatoms. The lowest BCUT2D eigenvalue weighted by molar-refractivity contribution is -0.119. The van der Waals surface area contributed by atoms with Gasteiger partial charge in [0.15, 0.2) is 0 Å². The summed E-state index contributed by atoms with van der Waals surface area (Å²) in [7, 11) is 1.94. The van der Waals surface area contributed by atoms with Crippen LogP contribution in [-0.2, 0) is 4.79 Å². The second-order valence-corrected chi connectivity index (χ2v) is 5.83. The van der Waals surface area contributed by atoms with E-state index in [-0.39, 0.29) is 0 Å². The molecule has 0 bridgehead atoms. The largest absolute Gasteiger partial charge is 0.345 e. The molecule has 0 aromatic heterocycles. The van der Waals surface area contributed by atoms with Crippen molar-refractivity contribution in [3.05, 3.63) is 0 Å². The molecule has 0 rings (SSSR count). The third-order valence-corrected chi connectivity index (χ3v) is 4.02. The lowest BCUT2D eigenvalue weighted by Crippen LogP contribution is -2.30. The second kappa shape index (κ2) is 13.9. The molecular weight excluding hydrogens is 234 g/mol. The molecule has 0 aromatic carbocycles. The van der Waals surface area contributed by atoms with Crippen LogP contribution in [0.25, 0.3) is 0 Å². The summed E-state index contributed by atoms with van der Waals surface area (Å²) in [5, 5.41) is 0. The highest BCUT2D eigenvalue weighted by atomic mass is 16.1. The van der Waals surface area contributed by atoms with Gasteiger partial charge in [0.1, 0.15) is 0 Å². The number of rotatable bonds is 14. The molecule has 0 aliphatic heterocycles. The van der Waals surface area contributed by atoms with Gasteiger partial charge in [0, 0.05) is 13.1 Å². The number of hydrogen-bond acceptors (Lipinski definition) is 1. The Bertz CT molecular complexity index is 194. The number of carbonyl (C=O) groups is 1. The molecule has 0 radical (unpaired) electrons. The maximum absolute atomic E-state index is 10.9. The summed E-state index contributed by atoms with van der Waals surface area (Å²) in [6.45, 7) is 4.49. The molecule has 0 saturated heterocycles. The first kappa shape index (κ1) is 18.5. The van der Waals surface area contributed by atoms with Crippen LogP contribution in [0.3, 0.4) is 0 Å². The molecule has 0 N–H and O–H groups in total. The Hall–Kier alpha value is -0.530. The van der Waals surface area contributed by atoms with Crippen LogP contribution >= 0.6 is 0 Å². The Morgan fingerprint density at radius 1 is 0.789 bits per heavy atom. The SMILES string of the molecule is CCCCCCCCCC(CCCCC)N(C)C=O. The average Bonchev–Trinajstić information content (AvgIpc) is 2.43. The van der Waals surface area contributed by atoms with Crippen molar-refractivity contribution in [2.75, 3.05) is 7.05 Å². The molecule has 1 unspecified atom stereocenters. The standard InChI is InChI=1S/C17H35NO/c1-4-6-8-9-10-11-13-15-17(18(3)16-19)14-12-7-5-2/h16-17H,4-15H2,1-3H3. The zero-order valence-corrected chi connectivity index (χ0v) is 13.5. The Morgan fingerprint density at radius 2 is 1.21 bits per heavy atom. The predicted molar refractivity (Wildman–Crippen MR) is 84.4 cm³/mol. The molecule has 0 fully saturated rings. The molecule has 0 heterocycles. The number of nitrogens with zero attached hydrogens (tertiary/aromatic N) is 1. The maximum atomic E-state index is 10.9. The summed E-state index contributed by atoms with van der Waals surface area (Å²) in [4.78, 5) is 12.8. The molecule has 114 valence electrons. The highest BCUT2D eigenvalue weighted by Gasteiger charge is 2.12. The fraction of sp³-hybridized carbons (Fsp3) is 0.941. The van der Waals surface area contributed by atoms with Crippen molar-refractivity contribution < 1.29 is 4.79 Å². The van der Waals surface area contributed by atoms with E-state index in [9.17, 15) is 4.79 Å². The van der Waals surface area contributed by atoms with Gasteiger partial charge in [-0.2, -0.15) is 0 Å². The van der Waals surface area contributed by atoms with Gasteiger partial charge in [-0.3, -0.25) is 4.79 Å². The van der Waals surface area contributed by atoms with E-state index in [1.165, 1.54) is 77.0 Å². The van der Waals surface area contributed by atoms with Crippen molar-refractivity contribution in [1.29, 1.82) is 0 Å². The minimum Gasteiger partial charge on any atom is -0.345 e. The van der Waals surface area contributed by atoms with Crippen LogP contribution < -0.4 is 0 Å². The Balaban J connectivity index is 3.64. The van der Waals surface area contributed by atoms with Gasteiger partial charge in [-0.25, -0.2) is 0 Å². The van der Waals surface area contributed by atoms with Crippen LogP contribution in [0.2, 0.25) is 0 Å². The number of carbonyl (C=O) groups excluding carboxylic acids is 1. The van der Waals surface area contributed by atoms with Crippen molar-refractivity contribution in [3.8, 4) is 0 Å². The third kappa shape index (κ3) is 11.0. The normalized spacial score (nSPS) is 12.4. The molecule has 1 amide bonds. The van der Waals surface area contributed by atoms with Gasteiger partial charge in [-0.05, 0) is 12.8 Å². The summed E-state index contributed by atoms with van der Waals surface area (Å²) >= 11 is 0. The number of amides is 1. The maximum Gasteiger partial charge on any atom is 0.209 e. The monoisotopic (exact) mass is 269 g/mol. The average molecular weight is 269 g/mol. The highest BCUT2D eigenvalue weighted by Crippen LogP contribution is 2.16. The topological polar surface area (TPSA) is 20.3 Å². The summed E-state index contributed by atoms with van der Waals surface area (Å²) < 4.78 is 0. The molecule has 0 aromatic rings. The van der Waals surface area contributed by atoms with Gasteiger partial charge < -0.3 is 4.90 Å². The molecule has 0 spiro atoms. The fourth-order valence-electron chi connectivity index (χ4n) is 2.60. The molecule has 2 nitrogen and oxygen atoms in total. The first-order valence-corrected chi connectivity index (χ1v) is 8.43. The van der Waals surface area contributed by atoms with Gasteiger partial charge in [-0.15, -0.1) is 0 Å². The van der Waals surface area contributed by atoms with E-state index in [4.69, 9.17) is 0 Å². The lowest BCUT2D eigenvalue weighted by atomic mass is 10.00. The quantitative estimate of drug-likeness (QED) is 0.315. The van der Waals surface area contributed by atoms with Crippen molar-refractivity contribution in [2.24, 2.45) is 0 Å². The molecular formula is C17H35NO. The molecule has 19 heavy (non-hydrogen) atoms. The Morgan fingerprint density at radius 3 is 1.74 bits per heavy atom. The fourth-order valence-corrected chi connectivity index (χ4v) is 2.60. The van der Waals surface area contributed by atoms with E-state index in [0.717, 1.165) is 6.41 Å². The minimum atomic E-state index is 0.472. The first-order chi connectivity index (χ1) is 9.26. The van der Waals surface area contributed by atoms with Crippen molar-refractivity contribution in [1.82, 2.24) is 4.90 Å². The minimum absolute atomic E-state index is 0.472. The first-order valence-electron chi connectivity index (χ1n) is 8.43. The van der Waals surface area contributed by atoms with Gasteiger partial charge in [0.05, 0.1) is 0 Å². The molecule has 1 atom stereocenters. The third-order valence-electron chi connectivity index (χ3n) is 4.02. The van der Waals surface area contributed by atoms with Crippen LogP contribution in [0.5, 0.6) is 0 Å². The van der Waals surface area contributed by atoms with Crippen LogP contribution in [0.1, 0.15) is 90.9 Å². The van der Waals surface area contributed by atoms with E-state index in [1.807, 2.05) is 11.9 Å². The van der Waals surface area contributed by atoms with E-state index >= 15 is 0 Å². The van der Waals surface area contributed by atoms with E-state index < -0.39 is 0 Å². The smallest absolute Gasteiger partial charge is 0.209 e. The van der Waals surface area contributed by atoms with E-state index in [0.29, 0.717) is 6.04 Å².